The average molecular weight is 293 g/mol. The molecule has 5 nitrogen and oxygen atoms in total. The first-order valence-electron chi connectivity index (χ1n) is 7.73. The molecule has 2 heterocycles. The van der Waals surface area contributed by atoms with Crippen molar-refractivity contribution in [2.45, 2.75) is 12.8 Å². The zero-order valence-corrected chi connectivity index (χ0v) is 11.9. The van der Waals surface area contributed by atoms with Gasteiger partial charge in [-0.3, -0.25) is 14.7 Å². The number of hydrogen-bond acceptors (Lipinski definition) is 3. The molecule has 1 N–H and O–H groups in total. The highest BCUT2D eigenvalue weighted by atomic mass is 16.2. The number of anilines is 1. The van der Waals surface area contributed by atoms with E-state index in [1.54, 1.807) is 6.20 Å². The Balaban J connectivity index is 1.61. The fourth-order valence-electron chi connectivity index (χ4n) is 4.40. The van der Waals surface area contributed by atoms with Gasteiger partial charge in [-0.05, 0) is 42.9 Å². The van der Waals surface area contributed by atoms with Gasteiger partial charge in [0.05, 0.1) is 29.2 Å². The lowest BCUT2D eigenvalue weighted by atomic mass is 9.63. The third kappa shape index (κ3) is 1.41. The van der Waals surface area contributed by atoms with Crippen molar-refractivity contribution in [3.8, 4) is 0 Å². The number of nitrogens with zero attached hydrogens (tertiary/aromatic N) is 2. The predicted octanol–water partition coefficient (Wildman–Crippen LogP) is 2.26. The highest BCUT2D eigenvalue weighted by molar-refractivity contribution is 6.23. The van der Waals surface area contributed by atoms with E-state index in [1.807, 2.05) is 18.2 Å². The Morgan fingerprint density at radius 2 is 1.73 bits per heavy atom. The lowest BCUT2D eigenvalue weighted by Gasteiger charge is -2.38. The molecule has 0 unspecified atom stereocenters. The van der Waals surface area contributed by atoms with Gasteiger partial charge >= 0.3 is 0 Å². The summed E-state index contributed by atoms with van der Waals surface area (Å²) in [6.45, 7) is 0. The smallest absolute Gasteiger partial charge is 0.238 e. The van der Waals surface area contributed by atoms with Crippen molar-refractivity contribution in [2.75, 3.05) is 4.90 Å². The molecule has 1 aromatic heterocycles. The molecule has 6 rings (SSSR count). The van der Waals surface area contributed by atoms with Crippen LogP contribution in [-0.4, -0.2) is 22.0 Å². The number of imide groups is 1. The van der Waals surface area contributed by atoms with Gasteiger partial charge < -0.3 is 0 Å². The minimum absolute atomic E-state index is 0.0307. The Morgan fingerprint density at radius 1 is 1.05 bits per heavy atom. The second kappa shape index (κ2) is 4.06. The molecule has 0 radical (unpaired) electrons. The number of amides is 2. The lowest BCUT2D eigenvalue weighted by Crippen LogP contribution is -2.38. The van der Waals surface area contributed by atoms with Crippen molar-refractivity contribution < 1.29 is 9.59 Å². The van der Waals surface area contributed by atoms with E-state index in [1.165, 1.54) is 4.90 Å². The van der Waals surface area contributed by atoms with E-state index in [0.717, 1.165) is 23.7 Å². The molecule has 2 aromatic rings. The molecule has 4 atom stereocenters. The summed E-state index contributed by atoms with van der Waals surface area (Å²) in [4.78, 5) is 27.1. The van der Waals surface area contributed by atoms with Gasteiger partial charge in [-0.15, -0.1) is 0 Å². The summed E-state index contributed by atoms with van der Waals surface area (Å²) in [7, 11) is 0. The van der Waals surface area contributed by atoms with Crippen LogP contribution in [0.15, 0.2) is 36.5 Å². The van der Waals surface area contributed by atoms with Crippen LogP contribution in [-0.2, 0) is 9.59 Å². The number of nitrogens with one attached hydrogen (secondary N) is 1. The van der Waals surface area contributed by atoms with Crippen LogP contribution in [0.2, 0.25) is 0 Å². The highest BCUT2D eigenvalue weighted by Crippen LogP contribution is 2.50. The molecule has 2 fully saturated rings. The van der Waals surface area contributed by atoms with Crippen molar-refractivity contribution in [1.29, 1.82) is 0 Å². The van der Waals surface area contributed by atoms with E-state index in [2.05, 4.69) is 22.3 Å². The molecule has 1 aliphatic heterocycles. The Bertz CT molecular complexity index is 805. The van der Waals surface area contributed by atoms with Gasteiger partial charge in [-0.2, -0.15) is 5.10 Å². The van der Waals surface area contributed by atoms with Crippen LogP contribution in [0.1, 0.15) is 12.8 Å². The summed E-state index contributed by atoms with van der Waals surface area (Å²) in [6, 6.07) is 5.55. The molecule has 4 aliphatic rings. The Morgan fingerprint density at radius 3 is 2.36 bits per heavy atom. The first kappa shape index (κ1) is 12.1. The van der Waals surface area contributed by atoms with Crippen molar-refractivity contribution >= 4 is 28.4 Å². The number of benzene rings is 1. The number of aromatic amines is 1. The van der Waals surface area contributed by atoms with E-state index in [-0.39, 0.29) is 35.5 Å². The van der Waals surface area contributed by atoms with Crippen LogP contribution >= 0.6 is 0 Å². The van der Waals surface area contributed by atoms with Gasteiger partial charge in [-0.1, -0.05) is 12.2 Å². The molecular formula is C17H15N3O2. The summed E-state index contributed by atoms with van der Waals surface area (Å²) >= 11 is 0. The molecule has 2 bridgehead atoms. The number of rotatable bonds is 1. The summed E-state index contributed by atoms with van der Waals surface area (Å²) in [6.07, 6.45) is 8.04. The minimum atomic E-state index is -0.156. The molecule has 3 aliphatic carbocycles. The lowest BCUT2D eigenvalue weighted by molar-refractivity contribution is -0.124. The molecule has 1 saturated carbocycles. The predicted molar refractivity (Wildman–Crippen MR) is 80.9 cm³/mol. The zero-order valence-electron chi connectivity index (χ0n) is 11.9. The maximum absolute atomic E-state index is 12.9. The monoisotopic (exact) mass is 293 g/mol. The molecule has 0 spiro atoms. The number of hydrogen-bond donors (Lipinski definition) is 1. The van der Waals surface area contributed by atoms with E-state index >= 15 is 0 Å². The van der Waals surface area contributed by atoms with Crippen molar-refractivity contribution in [3.63, 3.8) is 0 Å². The van der Waals surface area contributed by atoms with Crippen molar-refractivity contribution in [3.05, 3.63) is 36.5 Å². The van der Waals surface area contributed by atoms with E-state index < -0.39 is 0 Å². The highest BCUT2D eigenvalue weighted by Gasteiger charge is 2.56. The molecular weight excluding hydrogens is 278 g/mol. The number of carbonyl (C=O) groups excluding carboxylic acids is 2. The molecule has 5 heteroatoms. The molecule has 22 heavy (non-hydrogen) atoms. The second-order valence-corrected chi connectivity index (χ2v) is 6.49. The van der Waals surface area contributed by atoms with Crippen molar-refractivity contribution in [1.82, 2.24) is 10.2 Å². The number of allylic oxidation sites excluding steroid dienone is 2. The molecule has 2 amide bonds. The Kier molecular flexibility index (Phi) is 2.24. The number of carbonyl (C=O) groups is 2. The Labute approximate surface area is 127 Å². The van der Waals surface area contributed by atoms with Crippen LogP contribution in [0.5, 0.6) is 0 Å². The molecule has 1 saturated heterocycles. The first-order valence-corrected chi connectivity index (χ1v) is 7.73. The summed E-state index contributed by atoms with van der Waals surface area (Å²) in [5.41, 5.74) is 1.57. The third-order valence-corrected chi connectivity index (χ3v) is 5.44. The van der Waals surface area contributed by atoms with E-state index in [9.17, 15) is 9.59 Å². The maximum atomic E-state index is 12.9. The van der Waals surface area contributed by atoms with Gasteiger partial charge in [0.2, 0.25) is 11.8 Å². The second-order valence-electron chi connectivity index (χ2n) is 6.49. The zero-order chi connectivity index (χ0) is 14.8. The quantitative estimate of drug-likeness (QED) is 0.648. The van der Waals surface area contributed by atoms with E-state index in [0.29, 0.717) is 5.69 Å². The van der Waals surface area contributed by atoms with Crippen LogP contribution in [0.3, 0.4) is 0 Å². The number of fused-ring (bicyclic) bond motifs is 2. The average Bonchev–Trinajstić information content (AvgIpc) is 3.12. The minimum Gasteiger partial charge on any atom is -0.278 e. The summed E-state index contributed by atoms with van der Waals surface area (Å²) in [5.74, 6) is 0.0876. The van der Waals surface area contributed by atoms with Crippen LogP contribution in [0.4, 0.5) is 5.69 Å². The Hall–Kier alpha value is -2.43. The fraction of sp³-hybridized carbons (Fsp3) is 0.353. The van der Waals surface area contributed by atoms with Crippen molar-refractivity contribution in [2.24, 2.45) is 23.7 Å². The SMILES string of the molecule is O=C1[C@@H]2[C@H](C(=O)N1c1ccc3[nH]ncc3c1)[C@@H]1C=C[C@H]2CC1. The van der Waals surface area contributed by atoms with Gasteiger partial charge in [0.1, 0.15) is 0 Å². The van der Waals surface area contributed by atoms with E-state index in [4.69, 9.17) is 0 Å². The standard InChI is InChI=1S/C17H15N3O2/c21-16-14-9-1-2-10(4-3-9)15(14)17(22)20(16)12-5-6-13-11(7-12)8-18-19-13/h1-2,5-10,14-15H,3-4H2,(H,18,19)/t9-,10+,14-,15+. The molecule has 1 aromatic carbocycles. The largest absolute Gasteiger partial charge is 0.278 e. The fourth-order valence-corrected chi connectivity index (χ4v) is 4.40. The maximum Gasteiger partial charge on any atom is 0.238 e. The van der Waals surface area contributed by atoms with Gasteiger partial charge in [-0.25, -0.2) is 4.90 Å². The number of H-pyrrole nitrogens is 1. The molecule has 110 valence electrons. The normalized spacial score (nSPS) is 33.0. The number of aromatic nitrogens is 2. The summed E-state index contributed by atoms with van der Waals surface area (Å²) in [5, 5.41) is 7.79. The van der Waals surface area contributed by atoms with Gasteiger partial charge in [0.15, 0.2) is 0 Å². The van der Waals surface area contributed by atoms with Crippen LogP contribution in [0.25, 0.3) is 10.9 Å². The first-order chi connectivity index (χ1) is 10.7. The summed E-state index contributed by atoms with van der Waals surface area (Å²) < 4.78 is 0. The van der Waals surface area contributed by atoms with Gasteiger partial charge in [0.25, 0.3) is 0 Å². The van der Waals surface area contributed by atoms with Crippen LogP contribution < -0.4 is 4.90 Å². The third-order valence-electron chi connectivity index (χ3n) is 5.44. The van der Waals surface area contributed by atoms with Crippen LogP contribution in [0, 0.1) is 23.7 Å². The topological polar surface area (TPSA) is 66.1 Å². The van der Waals surface area contributed by atoms with Gasteiger partial charge in [0, 0.05) is 5.39 Å².